The van der Waals surface area contributed by atoms with Crippen molar-refractivity contribution in [2.24, 2.45) is 0 Å². The van der Waals surface area contributed by atoms with Crippen LogP contribution in [0, 0.1) is 6.92 Å². The van der Waals surface area contributed by atoms with Crippen LogP contribution in [0.25, 0.3) is 22.3 Å². The summed E-state index contributed by atoms with van der Waals surface area (Å²) >= 11 is 0. The maximum Gasteiger partial charge on any atom is 0.336 e. The summed E-state index contributed by atoms with van der Waals surface area (Å²) in [5.74, 6) is -2.34. The molecule has 1 atom stereocenters. The number of para-hydroxylation sites is 1. The first-order valence-corrected chi connectivity index (χ1v) is 12.3. The van der Waals surface area contributed by atoms with Crippen LogP contribution in [-0.2, 0) is 14.3 Å². The van der Waals surface area contributed by atoms with Crippen LogP contribution in [0.5, 0.6) is 0 Å². The van der Waals surface area contributed by atoms with Gasteiger partial charge in [0.1, 0.15) is 11.3 Å². The van der Waals surface area contributed by atoms with Crippen molar-refractivity contribution in [3.63, 3.8) is 0 Å². The summed E-state index contributed by atoms with van der Waals surface area (Å²) in [4.78, 5) is 41.2. The van der Waals surface area contributed by atoms with Gasteiger partial charge < -0.3 is 19.2 Å². The third-order valence-electron chi connectivity index (χ3n) is 7.06. The van der Waals surface area contributed by atoms with E-state index < -0.39 is 17.9 Å². The molecule has 3 aromatic rings. The maximum absolute atomic E-state index is 13.4. The highest BCUT2D eigenvalue weighted by molar-refractivity contribution is 6.00. The summed E-state index contributed by atoms with van der Waals surface area (Å²) < 4.78 is 11.5. The zero-order valence-corrected chi connectivity index (χ0v) is 21.8. The molecule has 7 nitrogen and oxygen atoms in total. The van der Waals surface area contributed by atoms with Crippen LogP contribution in [0.4, 0.5) is 0 Å². The number of fused-ring (bicyclic) bond motifs is 1. The van der Waals surface area contributed by atoms with Gasteiger partial charge in [0.25, 0.3) is 0 Å². The van der Waals surface area contributed by atoms with Crippen LogP contribution >= 0.6 is 0 Å². The quantitative estimate of drug-likeness (QED) is 0.410. The van der Waals surface area contributed by atoms with Gasteiger partial charge in [0.05, 0.1) is 29.6 Å². The molecule has 0 saturated heterocycles. The fraction of sp³-hybridized carbons (Fsp3) is 0.300. The van der Waals surface area contributed by atoms with E-state index in [1.807, 2.05) is 35.2 Å². The van der Waals surface area contributed by atoms with Gasteiger partial charge in [-0.2, -0.15) is 0 Å². The lowest BCUT2D eigenvalue weighted by molar-refractivity contribution is -0.136. The molecule has 37 heavy (non-hydrogen) atoms. The summed E-state index contributed by atoms with van der Waals surface area (Å²) in [6, 6.07) is 14.4. The number of allylic oxidation sites excluding steroid dienone is 2. The number of carboxylic acids is 1. The predicted octanol–water partition coefficient (Wildman–Crippen LogP) is 5.77. The summed E-state index contributed by atoms with van der Waals surface area (Å²) in [5.41, 5.74) is 3.11. The summed E-state index contributed by atoms with van der Waals surface area (Å²) in [6.45, 7) is 7.89. The highest BCUT2D eigenvalue weighted by Crippen LogP contribution is 2.45. The lowest BCUT2D eigenvalue weighted by Crippen LogP contribution is -2.35. The summed E-state index contributed by atoms with van der Waals surface area (Å²) in [7, 11) is 1.28. The number of esters is 1. The fourth-order valence-electron chi connectivity index (χ4n) is 5.14. The second kappa shape index (κ2) is 10.5. The molecule has 1 aliphatic heterocycles. The molecule has 0 fully saturated rings. The number of hydrogen-bond donors (Lipinski definition) is 1. The lowest BCUT2D eigenvalue weighted by atomic mass is 9.79. The number of carbonyl (C=O) groups excluding carboxylic acids is 1. The first-order valence-electron chi connectivity index (χ1n) is 12.3. The van der Waals surface area contributed by atoms with E-state index in [0.29, 0.717) is 40.2 Å². The van der Waals surface area contributed by atoms with E-state index in [-0.39, 0.29) is 22.2 Å². The Balaban J connectivity index is 2.08. The van der Waals surface area contributed by atoms with Crippen molar-refractivity contribution < 1.29 is 23.8 Å². The molecule has 0 aliphatic carbocycles. The molecule has 2 heterocycles. The lowest BCUT2D eigenvalue weighted by Gasteiger charge is -2.37. The number of methoxy groups -OCH3 is 1. The first kappa shape index (κ1) is 25.9. The molecule has 7 heteroatoms. The largest absolute Gasteiger partial charge is 0.478 e. The Labute approximate surface area is 215 Å². The minimum absolute atomic E-state index is 0.0547. The van der Waals surface area contributed by atoms with E-state index in [4.69, 9.17) is 9.15 Å². The van der Waals surface area contributed by atoms with Gasteiger partial charge in [0.2, 0.25) is 0 Å². The molecule has 0 saturated carbocycles. The Morgan fingerprint density at radius 2 is 1.68 bits per heavy atom. The second-order valence-electron chi connectivity index (χ2n) is 9.21. The molecule has 1 aliphatic rings. The number of ether oxygens (including phenoxy) is 1. The average molecular weight is 502 g/mol. The van der Waals surface area contributed by atoms with E-state index >= 15 is 0 Å². The zero-order chi connectivity index (χ0) is 26.9. The number of aliphatic carboxylic acids is 1. The van der Waals surface area contributed by atoms with Crippen molar-refractivity contribution >= 4 is 22.9 Å². The Morgan fingerprint density at radius 3 is 2.30 bits per heavy atom. The van der Waals surface area contributed by atoms with Gasteiger partial charge in [0.15, 0.2) is 5.43 Å². The topological polar surface area (TPSA) is 97.0 Å². The molecule has 1 aromatic heterocycles. The van der Waals surface area contributed by atoms with E-state index in [9.17, 15) is 19.5 Å². The Hall–Kier alpha value is -4.13. The molecule has 1 unspecified atom stereocenters. The standard InChI is InChI=1S/C30H31NO6/c1-6-7-16-31-18(3)23(29(33)34)25(24(19(31)4)30(35)36-5)21-14-11-15-22-26(32)17(2)27(37-28(21)22)20-12-9-8-10-13-20/h8-15,25H,6-7,16H2,1-5H3,(H,33,34). The molecule has 192 valence electrons. The normalized spacial score (nSPS) is 15.9. The molecule has 1 N–H and O–H groups in total. The van der Waals surface area contributed by atoms with E-state index in [1.54, 1.807) is 39.0 Å². The highest BCUT2D eigenvalue weighted by atomic mass is 16.5. The first-order chi connectivity index (χ1) is 17.7. The molecule has 0 bridgehead atoms. The van der Waals surface area contributed by atoms with Crippen molar-refractivity contribution in [1.82, 2.24) is 4.90 Å². The fourth-order valence-corrected chi connectivity index (χ4v) is 5.14. The van der Waals surface area contributed by atoms with E-state index in [2.05, 4.69) is 6.92 Å². The van der Waals surface area contributed by atoms with Crippen molar-refractivity contribution in [3.05, 3.63) is 92.4 Å². The maximum atomic E-state index is 13.4. The molecular formula is C30H31NO6. The van der Waals surface area contributed by atoms with E-state index in [1.165, 1.54) is 7.11 Å². The van der Waals surface area contributed by atoms with Crippen LogP contribution in [0.2, 0.25) is 0 Å². The minimum atomic E-state index is -1.15. The van der Waals surface area contributed by atoms with Crippen LogP contribution in [0.3, 0.4) is 0 Å². The van der Waals surface area contributed by atoms with Crippen molar-refractivity contribution in [3.8, 4) is 11.3 Å². The van der Waals surface area contributed by atoms with Crippen molar-refractivity contribution in [1.29, 1.82) is 0 Å². The Kier molecular flexibility index (Phi) is 7.34. The van der Waals surface area contributed by atoms with Gasteiger partial charge in [-0.05, 0) is 33.3 Å². The summed E-state index contributed by atoms with van der Waals surface area (Å²) in [5, 5.41) is 10.7. The number of unbranched alkanes of at least 4 members (excludes halogenated alkanes) is 1. The van der Waals surface area contributed by atoms with Crippen LogP contribution < -0.4 is 5.43 Å². The number of carbonyl (C=O) groups is 2. The number of carboxylic acid groups (broad SMARTS) is 1. The SMILES string of the molecule is CCCCN1C(C)=C(C(=O)O)C(c2cccc3c(=O)c(C)c(-c4ccccc4)oc23)C(C(=O)OC)=C1C. The van der Waals surface area contributed by atoms with Crippen LogP contribution in [0.15, 0.2) is 80.3 Å². The Bertz CT molecular complexity index is 1500. The zero-order valence-electron chi connectivity index (χ0n) is 21.8. The molecule has 4 rings (SSSR count). The number of nitrogens with zero attached hydrogens (tertiary/aromatic N) is 1. The van der Waals surface area contributed by atoms with Gasteiger partial charge in [-0.3, -0.25) is 4.79 Å². The smallest absolute Gasteiger partial charge is 0.336 e. The van der Waals surface area contributed by atoms with Gasteiger partial charge in [0, 0.05) is 34.6 Å². The molecule has 0 spiro atoms. The predicted molar refractivity (Wildman–Crippen MR) is 142 cm³/mol. The van der Waals surface area contributed by atoms with Gasteiger partial charge in [-0.25, -0.2) is 9.59 Å². The third kappa shape index (κ3) is 4.46. The minimum Gasteiger partial charge on any atom is -0.478 e. The number of rotatable bonds is 7. The average Bonchev–Trinajstić information content (AvgIpc) is 2.89. The second-order valence-corrected chi connectivity index (χ2v) is 9.21. The summed E-state index contributed by atoms with van der Waals surface area (Å²) in [6.07, 6.45) is 1.73. The monoisotopic (exact) mass is 501 g/mol. The number of benzene rings is 2. The highest BCUT2D eigenvalue weighted by Gasteiger charge is 2.41. The third-order valence-corrected chi connectivity index (χ3v) is 7.06. The Morgan fingerprint density at radius 1 is 1.00 bits per heavy atom. The number of hydrogen-bond acceptors (Lipinski definition) is 6. The van der Waals surface area contributed by atoms with Crippen molar-refractivity contribution in [2.75, 3.05) is 13.7 Å². The van der Waals surface area contributed by atoms with E-state index in [0.717, 1.165) is 18.4 Å². The molecular weight excluding hydrogens is 470 g/mol. The molecule has 2 aromatic carbocycles. The van der Waals surface area contributed by atoms with Crippen LogP contribution in [-0.4, -0.2) is 35.6 Å². The van der Waals surface area contributed by atoms with Crippen molar-refractivity contribution in [2.45, 2.75) is 46.5 Å². The van der Waals surface area contributed by atoms with Gasteiger partial charge in [-0.1, -0.05) is 55.8 Å². The van der Waals surface area contributed by atoms with Crippen LogP contribution in [0.1, 0.15) is 50.7 Å². The van der Waals surface area contributed by atoms with Gasteiger partial charge in [-0.15, -0.1) is 0 Å². The molecule has 0 amide bonds. The van der Waals surface area contributed by atoms with Gasteiger partial charge >= 0.3 is 11.9 Å². The molecule has 0 radical (unpaired) electrons.